The van der Waals surface area contributed by atoms with Gasteiger partial charge in [-0.25, -0.2) is 15.0 Å². The van der Waals surface area contributed by atoms with Gasteiger partial charge < -0.3 is 25.6 Å². The monoisotopic (exact) mass is 505 g/mol. The smallest absolute Gasteiger partial charge is 0.208 e. The topological polar surface area (TPSA) is 123 Å². The van der Waals surface area contributed by atoms with Crippen molar-refractivity contribution in [3.63, 3.8) is 0 Å². The van der Waals surface area contributed by atoms with E-state index in [4.69, 9.17) is 20.4 Å². The highest BCUT2D eigenvalue weighted by atomic mass is 16.5. The normalized spacial score (nSPS) is 22.5. The molecule has 2 aromatic heterocycles. The number of nitrogens with two attached hydrogens (primary N) is 1. The van der Waals surface area contributed by atoms with Crippen LogP contribution in [0.1, 0.15) is 82.1 Å². The van der Waals surface area contributed by atoms with E-state index in [1.807, 2.05) is 18.2 Å². The van der Waals surface area contributed by atoms with E-state index in [0.717, 1.165) is 29.4 Å². The lowest BCUT2D eigenvalue weighted by molar-refractivity contribution is 0.124. The summed E-state index contributed by atoms with van der Waals surface area (Å²) in [4.78, 5) is 14.4. The van der Waals surface area contributed by atoms with Gasteiger partial charge in [0.2, 0.25) is 11.7 Å². The third kappa shape index (κ3) is 5.28. The molecule has 2 aliphatic rings. The molecular weight excluding hydrogens is 466 g/mol. The van der Waals surface area contributed by atoms with Gasteiger partial charge in [-0.15, -0.1) is 0 Å². The average molecular weight is 506 g/mol. The van der Waals surface area contributed by atoms with Crippen LogP contribution in [0, 0.1) is 17.8 Å². The molecule has 5 rings (SSSR count). The molecule has 0 aliphatic heterocycles. The number of benzene rings is 1. The first kappa shape index (κ1) is 25.4. The lowest BCUT2D eigenvalue weighted by Crippen LogP contribution is -2.32. The number of rotatable bonds is 9. The number of hydrogen-bond donors (Lipinski definition) is 3. The molecule has 2 heterocycles. The number of methoxy groups -OCH3 is 1. The highest BCUT2D eigenvalue weighted by molar-refractivity contribution is 5.96. The lowest BCUT2D eigenvalue weighted by atomic mass is 9.80. The van der Waals surface area contributed by atoms with E-state index in [1.54, 1.807) is 7.11 Å². The number of hydrogen-bond acceptors (Lipinski definition) is 7. The predicted octanol–water partition coefficient (Wildman–Crippen LogP) is 5.08. The molecule has 2 atom stereocenters. The number of ether oxygens (including phenoxy) is 1. The van der Waals surface area contributed by atoms with Gasteiger partial charge in [-0.3, -0.25) is 0 Å². The van der Waals surface area contributed by atoms with Gasteiger partial charge in [0, 0.05) is 19.7 Å². The summed E-state index contributed by atoms with van der Waals surface area (Å²) in [6, 6.07) is 10.4. The molecule has 0 saturated heterocycles. The Balaban J connectivity index is 1.66. The van der Waals surface area contributed by atoms with Gasteiger partial charge in [0.25, 0.3) is 0 Å². The summed E-state index contributed by atoms with van der Waals surface area (Å²) in [5.41, 5.74) is 8.36. The van der Waals surface area contributed by atoms with Crippen LogP contribution >= 0.6 is 0 Å². The molecule has 0 spiro atoms. The minimum atomic E-state index is -0.359. The molecule has 37 heavy (non-hydrogen) atoms. The molecule has 2 aliphatic carbocycles. The highest BCUT2D eigenvalue weighted by Gasteiger charge is 2.30. The van der Waals surface area contributed by atoms with Crippen molar-refractivity contribution >= 4 is 22.8 Å². The molecule has 3 aromatic rings. The van der Waals surface area contributed by atoms with E-state index in [9.17, 15) is 5.21 Å². The quantitative estimate of drug-likeness (QED) is 0.160. The van der Waals surface area contributed by atoms with Crippen LogP contribution in [0.5, 0.6) is 0 Å². The van der Waals surface area contributed by atoms with Crippen LogP contribution in [-0.4, -0.2) is 43.7 Å². The Morgan fingerprint density at radius 3 is 2.49 bits per heavy atom. The Labute approximate surface area is 218 Å². The van der Waals surface area contributed by atoms with Gasteiger partial charge in [-0.1, -0.05) is 61.7 Å². The van der Waals surface area contributed by atoms with Crippen LogP contribution in [0.4, 0.5) is 5.82 Å². The number of nitrogens with zero attached hydrogens (tertiary/aromatic N) is 5. The SMILES string of the molecule is COC(c1ccccc1)c1nc2nc(C(N)=NO)nc(N[C@H](C)C3CCC3)c2n1CC1CCC(C)CC1. The second-order valence-corrected chi connectivity index (χ2v) is 10.9. The summed E-state index contributed by atoms with van der Waals surface area (Å²) >= 11 is 0. The summed E-state index contributed by atoms with van der Waals surface area (Å²) in [6.45, 7) is 5.37. The third-order valence-electron chi connectivity index (χ3n) is 8.34. The zero-order valence-corrected chi connectivity index (χ0v) is 22.1. The van der Waals surface area contributed by atoms with Gasteiger partial charge in [-0.2, -0.15) is 0 Å². The number of oxime groups is 1. The molecule has 4 N–H and O–H groups in total. The van der Waals surface area contributed by atoms with Crippen LogP contribution in [0.2, 0.25) is 0 Å². The first-order valence-electron chi connectivity index (χ1n) is 13.6. The number of amidine groups is 1. The Bertz CT molecular complexity index is 1230. The fourth-order valence-corrected chi connectivity index (χ4v) is 5.76. The second kappa shape index (κ2) is 11.0. The Hall–Kier alpha value is -3.20. The zero-order chi connectivity index (χ0) is 25.9. The van der Waals surface area contributed by atoms with Crippen molar-refractivity contribution in [1.82, 2.24) is 19.5 Å². The van der Waals surface area contributed by atoms with Crippen molar-refractivity contribution in [2.24, 2.45) is 28.6 Å². The number of anilines is 1. The molecule has 9 nitrogen and oxygen atoms in total. The van der Waals surface area contributed by atoms with Gasteiger partial charge in [0.15, 0.2) is 11.5 Å². The standard InChI is InChI=1S/C28H39N7O2/c1-17-12-14-19(15-13-17)16-35-22-25(30-18(2)20-10-7-11-20)31-27(24(29)34-36)32-26(22)33-28(35)23(37-3)21-8-5-4-6-9-21/h4-6,8-9,17-20,23,36H,7,10-16H2,1-3H3,(H2,29,34)(H,30,31,32)/t17?,18-,19?,23?/m1/s1. The van der Waals surface area contributed by atoms with Crippen molar-refractivity contribution in [3.05, 3.63) is 47.5 Å². The summed E-state index contributed by atoms with van der Waals surface area (Å²) in [5.74, 6) is 3.42. The molecule has 2 fully saturated rings. The summed E-state index contributed by atoms with van der Waals surface area (Å²) in [6.07, 6.45) is 8.18. The maximum atomic E-state index is 9.36. The van der Waals surface area contributed by atoms with Gasteiger partial charge in [-0.05, 0) is 55.9 Å². The predicted molar refractivity (Wildman–Crippen MR) is 145 cm³/mol. The highest BCUT2D eigenvalue weighted by Crippen LogP contribution is 2.36. The van der Waals surface area contributed by atoms with Crippen molar-refractivity contribution in [1.29, 1.82) is 0 Å². The fraction of sp³-hybridized carbons (Fsp3) is 0.571. The van der Waals surface area contributed by atoms with Crippen molar-refractivity contribution < 1.29 is 9.94 Å². The largest absolute Gasteiger partial charge is 0.409 e. The second-order valence-electron chi connectivity index (χ2n) is 10.9. The minimum Gasteiger partial charge on any atom is -0.409 e. The molecule has 0 bridgehead atoms. The summed E-state index contributed by atoms with van der Waals surface area (Å²) in [7, 11) is 1.72. The van der Waals surface area contributed by atoms with Crippen LogP contribution < -0.4 is 11.1 Å². The van der Waals surface area contributed by atoms with E-state index >= 15 is 0 Å². The van der Waals surface area contributed by atoms with E-state index in [1.165, 1.54) is 44.9 Å². The summed E-state index contributed by atoms with van der Waals surface area (Å²) in [5, 5.41) is 16.2. The maximum absolute atomic E-state index is 9.36. The van der Waals surface area contributed by atoms with E-state index in [0.29, 0.717) is 23.3 Å². The number of aromatic nitrogens is 4. The zero-order valence-electron chi connectivity index (χ0n) is 22.1. The van der Waals surface area contributed by atoms with Crippen molar-refractivity contribution in [2.45, 2.75) is 77.5 Å². The lowest BCUT2D eigenvalue weighted by Gasteiger charge is -2.32. The average Bonchev–Trinajstić information content (AvgIpc) is 3.23. The third-order valence-corrected chi connectivity index (χ3v) is 8.34. The van der Waals surface area contributed by atoms with Gasteiger partial charge >= 0.3 is 0 Å². The van der Waals surface area contributed by atoms with E-state index in [2.05, 4.69) is 46.0 Å². The Morgan fingerprint density at radius 1 is 1.14 bits per heavy atom. The van der Waals surface area contributed by atoms with Gasteiger partial charge in [0.1, 0.15) is 17.4 Å². The minimum absolute atomic E-state index is 0.134. The first-order valence-corrected chi connectivity index (χ1v) is 13.6. The van der Waals surface area contributed by atoms with Crippen LogP contribution in [0.25, 0.3) is 11.2 Å². The van der Waals surface area contributed by atoms with Crippen LogP contribution in [0.15, 0.2) is 35.5 Å². The molecular formula is C28H39N7O2. The summed E-state index contributed by atoms with van der Waals surface area (Å²) < 4.78 is 8.31. The van der Waals surface area contributed by atoms with E-state index in [-0.39, 0.29) is 23.8 Å². The molecule has 198 valence electrons. The molecule has 1 unspecified atom stereocenters. The number of fused-ring (bicyclic) bond motifs is 1. The van der Waals surface area contributed by atoms with Crippen molar-refractivity contribution in [2.75, 3.05) is 12.4 Å². The van der Waals surface area contributed by atoms with Gasteiger partial charge in [0.05, 0.1) is 0 Å². The Kier molecular flexibility index (Phi) is 7.60. The van der Waals surface area contributed by atoms with Crippen LogP contribution in [0.3, 0.4) is 0 Å². The molecule has 2 saturated carbocycles. The molecule has 1 aromatic carbocycles. The molecule has 0 radical (unpaired) electrons. The number of imidazole rings is 1. The maximum Gasteiger partial charge on any atom is 0.208 e. The molecule has 0 amide bonds. The number of nitrogens with one attached hydrogen (secondary N) is 1. The molecule has 9 heteroatoms. The van der Waals surface area contributed by atoms with Crippen LogP contribution in [-0.2, 0) is 11.3 Å². The Morgan fingerprint density at radius 2 is 1.86 bits per heavy atom. The first-order chi connectivity index (χ1) is 18.0. The fourth-order valence-electron chi connectivity index (χ4n) is 5.76. The van der Waals surface area contributed by atoms with E-state index < -0.39 is 0 Å². The van der Waals surface area contributed by atoms with Crippen molar-refractivity contribution in [3.8, 4) is 0 Å².